The maximum Gasteiger partial charge on any atom is 0.416 e. The topological polar surface area (TPSA) is 54.5 Å². The van der Waals surface area contributed by atoms with E-state index in [4.69, 9.17) is 0 Å². The second kappa shape index (κ2) is 6.84. The van der Waals surface area contributed by atoms with Gasteiger partial charge in [0.2, 0.25) is 0 Å². The van der Waals surface area contributed by atoms with E-state index in [1.54, 1.807) is 24.3 Å². The maximum atomic E-state index is 13.0. The summed E-state index contributed by atoms with van der Waals surface area (Å²) in [6.07, 6.45) is -3.21. The Morgan fingerprint density at radius 3 is 2.33 bits per heavy atom. The zero-order valence-electron chi connectivity index (χ0n) is 14.3. The molecule has 0 N–H and O–H groups in total. The van der Waals surface area contributed by atoms with Crippen LogP contribution in [0.4, 0.5) is 18.9 Å². The van der Waals surface area contributed by atoms with Gasteiger partial charge in [0.1, 0.15) is 0 Å². The fourth-order valence-corrected chi connectivity index (χ4v) is 4.12. The van der Waals surface area contributed by atoms with Crippen molar-refractivity contribution in [3.8, 4) is 0 Å². The molecule has 0 bridgehead atoms. The Bertz CT molecular complexity index is 996. The van der Waals surface area contributed by atoms with Crippen LogP contribution >= 0.6 is 0 Å². The third-order valence-electron chi connectivity index (χ3n) is 4.21. The van der Waals surface area contributed by atoms with Crippen LogP contribution in [0, 0.1) is 6.92 Å². The van der Waals surface area contributed by atoms with Gasteiger partial charge in [-0.15, -0.1) is 0 Å². The summed E-state index contributed by atoms with van der Waals surface area (Å²) in [5.74, 6) is -1.01. The van der Waals surface area contributed by atoms with E-state index in [0.29, 0.717) is 5.69 Å². The first-order valence-corrected chi connectivity index (χ1v) is 9.77. The highest BCUT2D eigenvalue weighted by molar-refractivity contribution is 7.94. The molecule has 2 aromatic rings. The summed E-state index contributed by atoms with van der Waals surface area (Å²) in [6.45, 7) is 1.85. The van der Waals surface area contributed by atoms with Crippen LogP contribution in [0.25, 0.3) is 0 Å². The van der Waals surface area contributed by atoms with Crippen molar-refractivity contribution in [2.24, 2.45) is 0 Å². The van der Waals surface area contributed by atoms with Gasteiger partial charge in [-0.1, -0.05) is 23.8 Å². The third kappa shape index (κ3) is 4.21. The lowest BCUT2D eigenvalue weighted by Gasteiger charge is -2.28. The Kier molecular flexibility index (Phi) is 4.86. The van der Waals surface area contributed by atoms with Crippen LogP contribution in [0.2, 0.25) is 0 Å². The molecule has 0 saturated heterocycles. The fraction of sp³-hybridized carbons (Fsp3) is 0.211. The van der Waals surface area contributed by atoms with Crippen molar-refractivity contribution in [3.05, 3.63) is 76.7 Å². The molecule has 27 heavy (non-hydrogen) atoms. The summed E-state index contributed by atoms with van der Waals surface area (Å²) in [7, 11) is -3.46. The maximum absolute atomic E-state index is 13.0. The minimum absolute atomic E-state index is 0.164. The number of benzene rings is 2. The molecular weight excluding hydrogens is 379 g/mol. The minimum atomic E-state index is -4.58. The summed E-state index contributed by atoms with van der Waals surface area (Å²) in [6, 6.07) is 10.1. The molecule has 2 aromatic carbocycles. The number of amides is 1. The van der Waals surface area contributed by atoms with Crippen molar-refractivity contribution in [3.63, 3.8) is 0 Å². The molecule has 3 rings (SSSR count). The van der Waals surface area contributed by atoms with E-state index >= 15 is 0 Å². The van der Waals surface area contributed by atoms with E-state index in [0.717, 1.165) is 29.2 Å². The van der Waals surface area contributed by atoms with Crippen molar-refractivity contribution in [2.45, 2.75) is 19.1 Å². The van der Waals surface area contributed by atoms with Crippen molar-refractivity contribution in [1.29, 1.82) is 0 Å². The smallest absolute Gasteiger partial charge is 0.300 e. The molecule has 1 amide bonds. The number of halogens is 3. The van der Waals surface area contributed by atoms with Gasteiger partial charge in [0.05, 0.1) is 17.4 Å². The highest BCUT2D eigenvalue weighted by Crippen LogP contribution is 2.31. The van der Waals surface area contributed by atoms with E-state index in [9.17, 15) is 26.4 Å². The average Bonchev–Trinajstić information content (AvgIpc) is 2.95. The van der Waals surface area contributed by atoms with Crippen LogP contribution in [0.5, 0.6) is 0 Å². The Morgan fingerprint density at radius 2 is 1.78 bits per heavy atom. The van der Waals surface area contributed by atoms with Gasteiger partial charge in [0.15, 0.2) is 9.84 Å². The Hall–Kier alpha value is -2.61. The largest absolute Gasteiger partial charge is 0.416 e. The lowest BCUT2D eigenvalue weighted by atomic mass is 10.1. The van der Waals surface area contributed by atoms with Crippen LogP contribution in [0.15, 0.2) is 60.0 Å². The zero-order chi connectivity index (χ0) is 19.8. The van der Waals surface area contributed by atoms with Gasteiger partial charge < -0.3 is 4.90 Å². The summed E-state index contributed by atoms with van der Waals surface area (Å²) >= 11 is 0. The molecule has 4 nitrogen and oxygen atoms in total. The molecule has 1 unspecified atom stereocenters. The molecule has 0 radical (unpaired) electrons. The van der Waals surface area contributed by atoms with Crippen molar-refractivity contribution < 1.29 is 26.4 Å². The van der Waals surface area contributed by atoms with Gasteiger partial charge in [-0.25, -0.2) is 8.42 Å². The van der Waals surface area contributed by atoms with E-state index < -0.39 is 33.5 Å². The molecule has 1 aliphatic heterocycles. The molecular formula is C19H16F3NO3S. The number of sulfone groups is 1. The van der Waals surface area contributed by atoms with Crippen LogP contribution < -0.4 is 4.90 Å². The predicted molar refractivity (Wildman–Crippen MR) is 96.1 cm³/mol. The summed E-state index contributed by atoms with van der Waals surface area (Å²) in [4.78, 5) is 14.3. The van der Waals surface area contributed by atoms with Gasteiger partial charge in [-0.3, -0.25) is 4.79 Å². The first-order chi connectivity index (χ1) is 12.6. The first kappa shape index (κ1) is 19.2. The van der Waals surface area contributed by atoms with Crippen LogP contribution in [-0.2, 0) is 16.0 Å². The molecule has 8 heteroatoms. The lowest BCUT2D eigenvalue weighted by Crippen LogP contribution is -2.41. The Morgan fingerprint density at radius 1 is 1.11 bits per heavy atom. The van der Waals surface area contributed by atoms with Gasteiger partial charge in [-0.05, 0) is 43.3 Å². The molecule has 1 heterocycles. The molecule has 0 aromatic heterocycles. The molecule has 1 atom stereocenters. The monoisotopic (exact) mass is 395 g/mol. The Balaban J connectivity index is 2.04. The van der Waals surface area contributed by atoms with E-state index in [1.165, 1.54) is 17.0 Å². The Labute approximate surface area is 154 Å². The molecule has 1 aliphatic rings. The van der Waals surface area contributed by atoms with Crippen molar-refractivity contribution in [2.75, 3.05) is 10.7 Å². The highest BCUT2D eigenvalue weighted by Gasteiger charge is 2.34. The summed E-state index contributed by atoms with van der Waals surface area (Å²) < 4.78 is 62.6. The minimum Gasteiger partial charge on any atom is -0.300 e. The SMILES string of the molecule is Cc1ccc(N(C(=O)c2cccc(C(F)(F)F)c2)C2C=CS(=O)(=O)C2)cc1. The molecule has 0 spiro atoms. The molecule has 0 aliphatic carbocycles. The van der Waals surface area contributed by atoms with Gasteiger partial charge in [0, 0.05) is 16.7 Å². The lowest BCUT2D eigenvalue weighted by molar-refractivity contribution is -0.137. The second-order valence-corrected chi connectivity index (χ2v) is 8.25. The predicted octanol–water partition coefficient (Wildman–Crippen LogP) is 3.97. The summed E-state index contributed by atoms with van der Waals surface area (Å²) in [5, 5.41) is 1.03. The summed E-state index contributed by atoms with van der Waals surface area (Å²) in [5.41, 5.74) is 0.240. The molecule has 0 fully saturated rings. The van der Waals surface area contributed by atoms with Crippen LogP contribution in [0.1, 0.15) is 21.5 Å². The van der Waals surface area contributed by atoms with Crippen molar-refractivity contribution in [1.82, 2.24) is 0 Å². The zero-order valence-corrected chi connectivity index (χ0v) is 15.1. The fourth-order valence-electron chi connectivity index (χ4n) is 2.85. The quantitative estimate of drug-likeness (QED) is 0.790. The molecule has 142 valence electrons. The van der Waals surface area contributed by atoms with Crippen LogP contribution in [-0.4, -0.2) is 26.1 Å². The highest BCUT2D eigenvalue weighted by atomic mass is 32.2. The van der Waals surface area contributed by atoms with Gasteiger partial charge in [-0.2, -0.15) is 13.2 Å². The number of carbonyl (C=O) groups is 1. The number of aryl methyl sites for hydroxylation is 1. The van der Waals surface area contributed by atoms with E-state index in [1.807, 2.05) is 6.92 Å². The third-order valence-corrected chi connectivity index (χ3v) is 5.59. The van der Waals surface area contributed by atoms with E-state index in [-0.39, 0.29) is 11.3 Å². The number of rotatable bonds is 3. The number of alkyl halides is 3. The van der Waals surface area contributed by atoms with Gasteiger partial charge in [0.25, 0.3) is 5.91 Å². The number of hydrogen-bond donors (Lipinski definition) is 0. The number of carbonyl (C=O) groups excluding carboxylic acids is 1. The van der Waals surface area contributed by atoms with Crippen molar-refractivity contribution >= 4 is 21.4 Å². The average molecular weight is 395 g/mol. The number of anilines is 1. The number of nitrogens with zero attached hydrogens (tertiary/aromatic N) is 1. The standard InChI is InChI=1S/C19H16F3NO3S/c1-13-5-7-16(8-6-13)23(17-9-10-27(25,26)12-17)18(24)14-3-2-4-15(11-14)19(20,21)22/h2-11,17H,12H2,1H3. The van der Waals surface area contributed by atoms with Crippen LogP contribution in [0.3, 0.4) is 0 Å². The molecule has 0 saturated carbocycles. The first-order valence-electron chi connectivity index (χ1n) is 8.05. The van der Waals surface area contributed by atoms with E-state index in [2.05, 4.69) is 0 Å². The number of hydrogen-bond acceptors (Lipinski definition) is 3. The second-order valence-electron chi connectivity index (χ2n) is 6.31. The van der Waals surface area contributed by atoms with Gasteiger partial charge >= 0.3 is 6.18 Å². The normalized spacial score (nSPS) is 18.4.